The fraction of sp³-hybridized carbons (Fsp3) is 0.333. The number of carbonyl (C=O) groups is 2. The summed E-state index contributed by atoms with van der Waals surface area (Å²) in [6, 6.07) is 6.81. The number of benzene rings is 1. The van der Waals surface area contributed by atoms with Gasteiger partial charge in [-0.3, -0.25) is 9.59 Å². The monoisotopic (exact) mass is 353 g/mol. The molecule has 4 rings (SSSR count). The summed E-state index contributed by atoms with van der Waals surface area (Å²) >= 11 is 0. The zero-order valence-corrected chi connectivity index (χ0v) is 14.8. The molecule has 3 heterocycles. The van der Waals surface area contributed by atoms with Crippen molar-refractivity contribution in [2.45, 2.75) is 33.0 Å². The van der Waals surface area contributed by atoms with Crippen LogP contribution in [-0.2, 0) is 17.9 Å². The van der Waals surface area contributed by atoms with Gasteiger partial charge in [0.2, 0.25) is 5.91 Å². The van der Waals surface area contributed by atoms with Gasteiger partial charge in [0.05, 0.1) is 13.1 Å². The Morgan fingerprint density at radius 2 is 2.08 bits per heavy atom. The minimum Gasteiger partial charge on any atom is -0.451 e. The molecule has 26 heavy (non-hydrogen) atoms. The Kier molecular flexibility index (Phi) is 3.75. The van der Waals surface area contributed by atoms with Gasteiger partial charge >= 0.3 is 0 Å². The summed E-state index contributed by atoms with van der Waals surface area (Å²) in [5.41, 5.74) is 1.64. The summed E-state index contributed by atoms with van der Waals surface area (Å²) in [5.74, 6) is 1.03. The fourth-order valence-electron chi connectivity index (χ4n) is 3.37. The molecule has 0 bridgehead atoms. The predicted octanol–water partition coefficient (Wildman–Crippen LogP) is 1.41. The summed E-state index contributed by atoms with van der Waals surface area (Å²) in [4.78, 5) is 27.0. The summed E-state index contributed by atoms with van der Waals surface area (Å²) in [5, 5.41) is 11.7. The summed E-state index contributed by atoms with van der Waals surface area (Å²) < 4.78 is 7.67. The van der Waals surface area contributed by atoms with Crippen LogP contribution >= 0.6 is 0 Å². The molecule has 1 atom stereocenters. The number of para-hydroxylation sites is 1. The van der Waals surface area contributed by atoms with Gasteiger partial charge in [-0.05, 0) is 25.5 Å². The van der Waals surface area contributed by atoms with Gasteiger partial charge in [0.1, 0.15) is 17.4 Å². The second-order valence-corrected chi connectivity index (χ2v) is 6.44. The quantitative estimate of drug-likeness (QED) is 0.752. The average Bonchev–Trinajstić information content (AvgIpc) is 3.24. The normalized spacial score (nSPS) is 16.6. The average molecular weight is 353 g/mol. The van der Waals surface area contributed by atoms with Crippen LogP contribution in [0.2, 0.25) is 0 Å². The second kappa shape index (κ2) is 5.98. The first-order valence-electron chi connectivity index (χ1n) is 8.40. The van der Waals surface area contributed by atoms with Gasteiger partial charge in [-0.2, -0.15) is 0 Å². The van der Waals surface area contributed by atoms with Crippen molar-refractivity contribution < 1.29 is 14.0 Å². The lowest BCUT2D eigenvalue weighted by Gasteiger charge is -2.34. The van der Waals surface area contributed by atoms with Gasteiger partial charge in [0.15, 0.2) is 11.6 Å². The molecular weight excluding hydrogens is 334 g/mol. The van der Waals surface area contributed by atoms with E-state index >= 15 is 0 Å². The third-order valence-electron chi connectivity index (χ3n) is 4.82. The van der Waals surface area contributed by atoms with Gasteiger partial charge in [-0.1, -0.05) is 18.2 Å². The molecule has 1 aliphatic heterocycles. The van der Waals surface area contributed by atoms with Gasteiger partial charge in [0.25, 0.3) is 5.91 Å². The number of likely N-dealkylation sites (N-methyl/N-ethyl adjacent to an activating group) is 1. The Morgan fingerprint density at radius 3 is 2.81 bits per heavy atom. The van der Waals surface area contributed by atoms with Crippen molar-refractivity contribution in [1.29, 1.82) is 0 Å². The summed E-state index contributed by atoms with van der Waals surface area (Å²) in [6.45, 7) is 4.28. The van der Waals surface area contributed by atoms with Crippen LogP contribution in [0.4, 0.5) is 0 Å². The van der Waals surface area contributed by atoms with Crippen LogP contribution in [-0.4, -0.2) is 44.6 Å². The van der Waals surface area contributed by atoms with E-state index in [1.807, 2.05) is 36.6 Å². The SMILES string of the molecule is CNC(=O)C1Cn2c(C)nnc2CN1C(=O)c1cc2cccc(C)c2o1. The van der Waals surface area contributed by atoms with E-state index in [0.717, 1.165) is 16.8 Å². The van der Waals surface area contributed by atoms with Crippen LogP contribution in [0.25, 0.3) is 11.0 Å². The standard InChI is InChI=1S/C18H19N5O3/c1-10-5-4-6-12-7-14(26-16(10)12)18(25)23-9-15-21-20-11(2)22(15)8-13(23)17(24)19-3/h4-7,13H,8-9H2,1-3H3,(H,19,24). The molecule has 0 spiro atoms. The Hall–Kier alpha value is -3.16. The van der Waals surface area contributed by atoms with Crippen molar-refractivity contribution in [3.8, 4) is 0 Å². The van der Waals surface area contributed by atoms with E-state index in [-0.39, 0.29) is 24.1 Å². The number of nitrogens with zero attached hydrogens (tertiary/aromatic N) is 4. The molecule has 8 nitrogen and oxygen atoms in total. The van der Waals surface area contributed by atoms with Crippen molar-refractivity contribution in [3.05, 3.63) is 47.2 Å². The number of furan rings is 1. The van der Waals surface area contributed by atoms with Gasteiger partial charge in [-0.15, -0.1) is 10.2 Å². The second-order valence-electron chi connectivity index (χ2n) is 6.44. The Morgan fingerprint density at radius 1 is 1.27 bits per heavy atom. The molecule has 8 heteroatoms. The van der Waals surface area contributed by atoms with Crippen LogP contribution in [0.1, 0.15) is 27.8 Å². The smallest absolute Gasteiger partial charge is 0.290 e. The molecule has 0 radical (unpaired) electrons. The van der Waals surface area contributed by atoms with Crippen LogP contribution < -0.4 is 5.32 Å². The molecule has 2 aromatic heterocycles. The number of fused-ring (bicyclic) bond motifs is 2. The van der Waals surface area contributed by atoms with E-state index in [2.05, 4.69) is 15.5 Å². The first kappa shape index (κ1) is 16.3. The fourth-order valence-corrected chi connectivity index (χ4v) is 3.37. The minimum absolute atomic E-state index is 0.202. The van der Waals surface area contributed by atoms with Gasteiger partial charge in [-0.25, -0.2) is 0 Å². The summed E-state index contributed by atoms with van der Waals surface area (Å²) in [6.07, 6.45) is 0. The summed E-state index contributed by atoms with van der Waals surface area (Å²) in [7, 11) is 1.56. The van der Waals surface area contributed by atoms with E-state index in [0.29, 0.717) is 18.0 Å². The topological polar surface area (TPSA) is 93.3 Å². The van der Waals surface area contributed by atoms with Crippen LogP contribution in [0.15, 0.2) is 28.7 Å². The van der Waals surface area contributed by atoms with E-state index in [1.54, 1.807) is 13.1 Å². The lowest BCUT2D eigenvalue weighted by Crippen LogP contribution is -2.53. The van der Waals surface area contributed by atoms with Crippen LogP contribution in [0.5, 0.6) is 0 Å². The number of aromatic nitrogens is 3. The maximum Gasteiger partial charge on any atom is 0.290 e. The van der Waals surface area contributed by atoms with Crippen molar-refractivity contribution in [2.24, 2.45) is 0 Å². The number of amides is 2. The molecular formula is C18H19N5O3. The Bertz CT molecular complexity index is 1020. The zero-order chi connectivity index (χ0) is 18.4. The highest BCUT2D eigenvalue weighted by molar-refractivity contribution is 5.99. The van der Waals surface area contributed by atoms with Gasteiger partial charge in [0, 0.05) is 12.4 Å². The molecule has 2 amide bonds. The third kappa shape index (κ3) is 2.45. The molecule has 1 N–H and O–H groups in total. The van der Waals surface area contributed by atoms with Crippen LogP contribution in [0, 0.1) is 13.8 Å². The first-order chi connectivity index (χ1) is 12.5. The molecule has 0 fully saturated rings. The molecule has 0 saturated carbocycles. The number of hydrogen-bond acceptors (Lipinski definition) is 5. The number of aryl methyl sites for hydroxylation is 2. The highest BCUT2D eigenvalue weighted by Crippen LogP contribution is 2.26. The van der Waals surface area contributed by atoms with E-state index in [4.69, 9.17) is 4.42 Å². The van der Waals surface area contributed by atoms with Crippen molar-refractivity contribution in [1.82, 2.24) is 25.0 Å². The van der Waals surface area contributed by atoms with Crippen molar-refractivity contribution in [3.63, 3.8) is 0 Å². The Balaban J connectivity index is 1.74. The lowest BCUT2D eigenvalue weighted by atomic mass is 10.1. The minimum atomic E-state index is -0.649. The molecule has 0 aliphatic carbocycles. The first-order valence-corrected chi connectivity index (χ1v) is 8.40. The Labute approximate surface area is 149 Å². The maximum atomic E-state index is 13.1. The molecule has 1 unspecified atom stereocenters. The predicted molar refractivity (Wildman–Crippen MR) is 93.4 cm³/mol. The van der Waals surface area contributed by atoms with Crippen molar-refractivity contribution >= 4 is 22.8 Å². The lowest BCUT2D eigenvalue weighted by molar-refractivity contribution is -0.126. The molecule has 134 valence electrons. The van der Waals surface area contributed by atoms with Crippen molar-refractivity contribution in [2.75, 3.05) is 7.05 Å². The zero-order valence-electron chi connectivity index (χ0n) is 14.8. The maximum absolute atomic E-state index is 13.1. The van der Waals surface area contributed by atoms with E-state index in [9.17, 15) is 9.59 Å². The molecule has 0 saturated heterocycles. The number of carbonyl (C=O) groups excluding carboxylic acids is 2. The number of hydrogen-bond donors (Lipinski definition) is 1. The molecule has 1 aromatic carbocycles. The third-order valence-corrected chi connectivity index (χ3v) is 4.82. The van der Waals surface area contributed by atoms with Gasteiger partial charge < -0.3 is 19.2 Å². The number of nitrogens with one attached hydrogen (secondary N) is 1. The largest absolute Gasteiger partial charge is 0.451 e. The van der Waals surface area contributed by atoms with E-state index in [1.165, 1.54) is 4.90 Å². The highest BCUT2D eigenvalue weighted by Gasteiger charge is 2.37. The highest BCUT2D eigenvalue weighted by atomic mass is 16.3. The molecule has 1 aliphatic rings. The van der Waals surface area contributed by atoms with E-state index < -0.39 is 6.04 Å². The number of rotatable bonds is 2. The molecule has 3 aromatic rings. The van der Waals surface area contributed by atoms with Crippen LogP contribution in [0.3, 0.4) is 0 Å².